The van der Waals surface area contributed by atoms with E-state index in [0.29, 0.717) is 17.1 Å². The van der Waals surface area contributed by atoms with Gasteiger partial charge in [-0.15, -0.1) is 0 Å². The van der Waals surface area contributed by atoms with Crippen LogP contribution >= 0.6 is 11.6 Å². The van der Waals surface area contributed by atoms with Crippen LogP contribution in [0.2, 0.25) is 5.02 Å². The molecule has 4 amide bonds. The Morgan fingerprint density at radius 1 is 1.38 bits per heavy atom. The predicted molar refractivity (Wildman–Crippen MR) is 93.0 cm³/mol. The number of halogens is 1. The van der Waals surface area contributed by atoms with Crippen molar-refractivity contribution in [3.8, 4) is 0 Å². The summed E-state index contributed by atoms with van der Waals surface area (Å²) in [6, 6.07) is 4.56. The van der Waals surface area contributed by atoms with Gasteiger partial charge in [-0.2, -0.15) is 0 Å². The Morgan fingerprint density at radius 2 is 2.08 bits per heavy atom. The highest BCUT2D eigenvalue weighted by Gasteiger charge is 2.47. The summed E-state index contributed by atoms with van der Waals surface area (Å²) in [4.78, 5) is 37.7. The lowest BCUT2D eigenvalue weighted by molar-refractivity contribution is -0.133. The summed E-state index contributed by atoms with van der Waals surface area (Å²) in [6.45, 7) is 5.22. The lowest BCUT2D eigenvalue weighted by Crippen LogP contribution is -2.44. The van der Waals surface area contributed by atoms with Gasteiger partial charge in [-0.05, 0) is 44.0 Å². The number of benzene rings is 1. The molecule has 1 aliphatic rings. The summed E-state index contributed by atoms with van der Waals surface area (Å²) in [7, 11) is 0. The molecule has 1 heterocycles. The van der Waals surface area contributed by atoms with Crippen molar-refractivity contribution in [3.63, 3.8) is 0 Å². The quantitative estimate of drug-likeness (QED) is 0.773. The number of hydrogen-bond donors (Lipinski definition) is 2. The van der Waals surface area contributed by atoms with Gasteiger partial charge in [0, 0.05) is 10.7 Å². The second kappa shape index (κ2) is 7.21. The molecule has 0 aliphatic carbocycles. The molecular formula is C17H22ClN3O3. The number of carbonyl (C=O) groups excluding carboxylic acids is 3. The van der Waals surface area contributed by atoms with Crippen LogP contribution in [0.4, 0.5) is 10.5 Å². The topological polar surface area (TPSA) is 78.5 Å². The number of carbonyl (C=O) groups is 3. The lowest BCUT2D eigenvalue weighted by atomic mass is 9.95. The fourth-order valence-electron chi connectivity index (χ4n) is 2.69. The molecular weight excluding hydrogens is 330 g/mol. The van der Waals surface area contributed by atoms with Crippen LogP contribution < -0.4 is 10.6 Å². The van der Waals surface area contributed by atoms with Crippen molar-refractivity contribution in [1.29, 1.82) is 0 Å². The lowest BCUT2D eigenvalue weighted by Gasteiger charge is -2.21. The Labute approximate surface area is 146 Å². The first-order valence-electron chi connectivity index (χ1n) is 7.97. The average Bonchev–Trinajstić information content (AvgIpc) is 2.72. The zero-order chi connectivity index (χ0) is 17.9. The number of urea groups is 1. The number of amides is 4. The summed E-state index contributed by atoms with van der Waals surface area (Å²) in [5.74, 6) is -0.785. The number of unbranched alkanes of at least 4 members (excludes halogenated alkanes) is 1. The van der Waals surface area contributed by atoms with E-state index in [1.165, 1.54) is 0 Å². The molecule has 1 saturated heterocycles. The van der Waals surface area contributed by atoms with Gasteiger partial charge in [-0.1, -0.05) is 31.4 Å². The van der Waals surface area contributed by atoms with Gasteiger partial charge in [0.05, 0.1) is 0 Å². The van der Waals surface area contributed by atoms with Gasteiger partial charge >= 0.3 is 6.03 Å². The molecule has 130 valence electrons. The van der Waals surface area contributed by atoms with Gasteiger partial charge in [-0.3, -0.25) is 14.5 Å². The van der Waals surface area contributed by atoms with Crippen molar-refractivity contribution in [3.05, 3.63) is 28.8 Å². The third-order valence-electron chi connectivity index (χ3n) is 4.14. The first-order chi connectivity index (χ1) is 11.3. The van der Waals surface area contributed by atoms with Crippen LogP contribution in [0.15, 0.2) is 18.2 Å². The number of aryl methyl sites for hydroxylation is 1. The molecule has 1 atom stereocenters. The van der Waals surface area contributed by atoms with Gasteiger partial charge in [-0.25, -0.2) is 4.79 Å². The summed E-state index contributed by atoms with van der Waals surface area (Å²) < 4.78 is 0. The highest BCUT2D eigenvalue weighted by Crippen LogP contribution is 2.24. The zero-order valence-corrected chi connectivity index (χ0v) is 14.9. The summed E-state index contributed by atoms with van der Waals surface area (Å²) in [6.07, 6.45) is 2.31. The molecule has 0 radical (unpaired) electrons. The zero-order valence-electron chi connectivity index (χ0n) is 14.1. The van der Waals surface area contributed by atoms with Crippen molar-refractivity contribution in [2.45, 2.75) is 45.6 Å². The Morgan fingerprint density at radius 3 is 2.71 bits per heavy atom. The van der Waals surface area contributed by atoms with Crippen LogP contribution in [0.3, 0.4) is 0 Å². The van der Waals surface area contributed by atoms with E-state index in [9.17, 15) is 14.4 Å². The minimum atomic E-state index is -0.927. The van der Waals surface area contributed by atoms with Gasteiger partial charge in [0.1, 0.15) is 12.1 Å². The van der Waals surface area contributed by atoms with Gasteiger partial charge in [0.25, 0.3) is 5.91 Å². The summed E-state index contributed by atoms with van der Waals surface area (Å²) in [5, 5.41) is 5.97. The van der Waals surface area contributed by atoms with Crippen LogP contribution in [-0.4, -0.2) is 34.8 Å². The second-order valence-corrected chi connectivity index (χ2v) is 6.70. The maximum absolute atomic E-state index is 12.5. The second-order valence-electron chi connectivity index (χ2n) is 6.26. The molecule has 24 heavy (non-hydrogen) atoms. The normalized spacial score (nSPS) is 20.2. The molecule has 6 nitrogen and oxygen atoms in total. The Balaban J connectivity index is 2.03. The maximum Gasteiger partial charge on any atom is 0.325 e. The molecule has 1 aromatic rings. The van der Waals surface area contributed by atoms with E-state index in [2.05, 4.69) is 10.6 Å². The highest BCUT2D eigenvalue weighted by atomic mass is 35.5. The molecule has 0 aromatic heterocycles. The van der Waals surface area contributed by atoms with Crippen molar-refractivity contribution < 1.29 is 14.4 Å². The minimum absolute atomic E-state index is 0.311. The molecule has 1 fully saturated rings. The number of rotatable bonds is 6. The number of nitrogens with zero attached hydrogens (tertiary/aromatic N) is 1. The summed E-state index contributed by atoms with van der Waals surface area (Å²) in [5.41, 5.74) is 0.481. The first kappa shape index (κ1) is 18.3. The molecule has 7 heteroatoms. The van der Waals surface area contributed by atoms with E-state index < -0.39 is 17.5 Å². The SMILES string of the molecule is CCCC[C@@]1(C)NC(=O)N(CC(=O)Nc2ccc(Cl)cc2C)C1=O. The fraction of sp³-hybridized carbons (Fsp3) is 0.471. The number of nitrogens with one attached hydrogen (secondary N) is 2. The number of imide groups is 1. The van der Waals surface area contributed by atoms with Crippen molar-refractivity contribution >= 4 is 35.1 Å². The smallest absolute Gasteiger partial charge is 0.324 e. The molecule has 0 bridgehead atoms. The van der Waals surface area contributed by atoms with Crippen LogP contribution in [-0.2, 0) is 9.59 Å². The van der Waals surface area contributed by atoms with E-state index in [1.807, 2.05) is 13.8 Å². The Kier molecular flexibility index (Phi) is 5.49. The Hall–Kier alpha value is -2.08. The van der Waals surface area contributed by atoms with Crippen molar-refractivity contribution in [1.82, 2.24) is 10.2 Å². The Bertz CT molecular complexity index is 677. The van der Waals surface area contributed by atoms with E-state index in [-0.39, 0.29) is 12.5 Å². The molecule has 2 rings (SSSR count). The van der Waals surface area contributed by atoms with E-state index in [0.717, 1.165) is 23.3 Å². The monoisotopic (exact) mass is 351 g/mol. The molecule has 0 spiro atoms. The van der Waals surface area contributed by atoms with Crippen molar-refractivity contribution in [2.24, 2.45) is 0 Å². The van der Waals surface area contributed by atoms with Crippen molar-refractivity contribution in [2.75, 3.05) is 11.9 Å². The molecule has 0 saturated carbocycles. The third kappa shape index (κ3) is 3.87. The van der Waals surface area contributed by atoms with Crippen LogP contribution in [0.25, 0.3) is 0 Å². The van der Waals surface area contributed by atoms with Gasteiger partial charge in [0.2, 0.25) is 5.91 Å². The highest BCUT2D eigenvalue weighted by molar-refractivity contribution is 6.30. The van der Waals surface area contributed by atoms with E-state index in [4.69, 9.17) is 11.6 Å². The van der Waals surface area contributed by atoms with Crippen LogP contribution in [0.1, 0.15) is 38.7 Å². The molecule has 1 aromatic carbocycles. The summed E-state index contributed by atoms with van der Waals surface area (Å²) >= 11 is 5.88. The van der Waals surface area contributed by atoms with Crippen LogP contribution in [0.5, 0.6) is 0 Å². The molecule has 1 aliphatic heterocycles. The predicted octanol–water partition coefficient (Wildman–Crippen LogP) is 3.09. The molecule has 2 N–H and O–H groups in total. The first-order valence-corrected chi connectivity index (χ1v) is 8.35. The standard InChI is InChI=1S/C17H22ClN3O3/c1-4-5-8-17(3)15(23)21(16(24)20-17)10-14(22)19-13-7-6-12(18)9-11(13)2/h6-7,9H,4-5,8,10H2,1-3H3,(H,19,22)(H,20,24)/t17-/m1/s1. The molecule has 0 unspecified atom stereocenters. The number of hydrogen-bond acceptors (Lipinski definition) is 3. The minimum Gasteiger partial charge on any atom is -0.324 e. The fourth-order valence-corrected chi connectivity index (χ4v) is 2.92. The van der Waals surface area contributed by atoms with E-state index >= 15 is 0 Å². The van der Waals surface area contributed by atoms with Crippen LogP contribution in [0, 0.1) is 6.92 Å². The van der Waals surface area contributed by atoms with Gasteiger partial charge in [0.15, 0.2) is 0 Å². The number of anilines is 1. The average molecular weight is 352 g/mol. The third-order valence-corrected chi connectivity index (χ3v) is 4.37. The largest absolute Gasteiger partial charge is 0.325 e. The van der Waals surface area contributed by atoms with E-state index in [1.54, 1.807) is 25.1 Å². The maximum atomic E-state index is 12.5. The van der Waals surface area contributed by atoms with Gasteiger partial charge < -0.3 is 10.6 Å².